The molecule has 3 nitrogen and oxygen atoms in total. The SMILES string of the molecule is CN(C)Sn1ccnc1CBr. The molecule has 0 unspecified atom stereocenters. The minimum Gasteiger partial charge on any atom is -0.263 e. The lowest BCUT2D eigenvalue weighted by Gasteiger charge is -2.09. The van der Waals surface area contributed by atoms with Gasteiger partial charge in [-0.05, 0) is 14.1 Å². The average Bonchev–Trinajstić information content (AvgIpc) is 2.34. The van der Waals surface area contributed by atoms with Gasteiger partial charge in [0.15, 0.2) is 0 Å². The predicted octanol–water partition coefficient (Wildman–Crippen LogP) is 1.75. The molecule has 0 atom stereocenters. The van der Waals surface area contributed by atoms with Crippen LogP contribution in [-0.4, -0.2) is 27.4 Å². The van der Waals surface area contributed by atoms with Gasteiger partial charge in [-0.2, -0.15) is 0 Å². The number of halogens is 1. The van der Waals surface area contributed by atoms with Crippen LogP contribution >= 0.6 is 28.1 Å². The predicted molar refractivity (Wildman–Crippen MR) is 51.5 cm³/mol. The molecule has 0 aliphatic carbocycles. The van der Waals surface area contributed by atoms with E-state index in [0.29, 0.717) is 0 Å². The fraction of sp³-hybridized carbons (Fsp3) is 0.500. The topological polar surface area (TPSA) is 21.1 Å². The minimum atomic E-state index is 0.792. The Balaban J connectivity index is 2.68. The van der Waals surface area contributed by atoms with Gasteiger partial charge >= 0.3 is 0 Å². The minimum absolute atomic E-state index is 0.792. The summed E-state index contributed by atoms with van der Waals surface area (Å²) in [5.74, 6) is 1.03. The number of hydrogen-bond acceptors (Lipinski definition) is 3. The molecule has 0 bridgehead atoms. The average molecular weight is 236 g/mol. The molecule has 1 aromatic rings. The Kier molecular flexibility index (Phi) is 3.42. The van der Waals surface area contributed by atoms with E-state index < -0.39 is 0 Å². The number of rotatable bonds is 3. The molecule has 0 aliphatic rings. The van der Waals surface area contributed by atoms with Gasteiger partial charge in [-0.1, -0.05) is 15.9 Å². The van der Waals surface area contributed by atoms with E-state index in [1.807, 2.05) is 28.6 Å². The third kappa shape index (κ3) is 2.50. The van der Waals surface area contributed by atoms with Crippen molar-refractivity contribution in [2.45, 2.75) is 5.33 Å². The van der Waals surface area contributed by atoms with E-state index in [0.717, 1.165) is 11.2 Å². The Labute approximate surface area is 79.2 Å². The van der Waals surface area contributed by atoms with E-state index in [9.17, 15) is 0 Å². The molecule has 0 radical (unpaired) electrons. The Morgan fingerprint density at radius 2 is 2.45 bits per heavy atom. The summed E-state index contributed by atoms with van der Waals surface area (Å²) in [6, 6.07) is 0. The van der Waals surface area contributed by atoms with Crippen molar-refractivity contribution in [2.75, 3.05) is 14.1 Å². The second-order valence-electron chi connectivity index (χ2n) is 2.20. The fourth-order valence-corrected chi connectivity index (χ4v) is 1.91. The van der Waals surface area contributed by atoms with Crippen molar-refractivity contribution in [3.63, 3.8) is 0 Å². The fourth-order valence-electron chi connectivity index (χ4n) is 0.667. The Morgan fingerprint density at radius 1 is 1.73 bits per heavy atom. The molecule has 11 heavy (non-hydrogen) atoms. The Hall–Kier alpha value is -0.0000000000000000555. The van der Waals surface area contributed by atoms with Crippen LogP contribution in [0.5, 0.6) is 0 Å². The number of alkyl halides is 1. The standard InChI is InChI=1S/C6H10BrN3S/c1-9(2)11-10-4-3-8-6(10)5-7/h3-4H,5H2,1-2H3. The van der Waals surface area contributed by atoms with Crippen molar-refractivity contribution in [1.82, 2.24) is 13.3 Å². The van der Waals surface area contributed by atoms with E-state index in [-0.39, 0.29) is 0 Å². The van der Waals surface area contributed by atoms with Crippen LogP contribution < -0.4 is 0 Å². The molecule has 62 valence electrons. The number of hydrogen-bond donors (Lipinski definition) is 0. The van der Waals surface area contributed by atoms with Crippen LogP contribution in [0.4, 0.5) is 0 Å². The van der Waals surface area contributed by atoms with Crippen LogP contribution in [0.15, 0.2) is 12.4 Å². The van der Waals surface area contributed by atoms with Crippen LogP contribution in [-0.2, 0) is 5.33 Å². The van der Waals surface area contributed by atoms with E-state index in [1.165, 1.54) is 0 Å². The van der Waals surface area contributed by atoms with Gasteiger partial charge in [-0.25, -0.2) is 9.29 Å². The van der Waals surface area contributed by atoms with Crippen molar-refractivity contribution in [3.05, 3.63) is 18.2 Å². The molecule has 1 aromatic heterocycles. The first-order valence-electron chi connectivity index (χ1n) is 3.18. The molecule has 0 aromatic carbocycles. The van der Waals surface area contributed by atoms with Gasteiger partial charge in [-0.15, -0.1) is 0 Å². The molecule has 1 heterocycles. The molecule has 0 saturated carbocycles. The second-order valence-corrected chi connectivity index (χ2v) is 4.04. The lowest BCUT2D eigenvalue weighted by atomic mass is 10.8. The van der Waals surface area contributed by atoms with E-state index >= 15 is 0 Å². The Morgan fingerprint density at radius 3 is 3.00 bits per heavy atom. The van der Waals surface area contributed by atoms with Crippen molar-refractivity contribution in [3.8, 4) is 0 Å². The summed E-state index contributed by atoms with van der Waals surface area (Å²) in [5.41, 5.74) is 0. The normalized spacial score (nSPS) is 10.9. The summed E-state index contributed by atoms with van der Waals surface area (Å²) >= 11 is 4.98. The maximum Gasteiger partial charge on any atom is 0.130 e. The highest BCUT2D eigenvalue weighted by atomic mass is 79.9. The highest BCUT2D eigenvalue weighted by Crippen LogP contribution is 2.13. The summed E-state index contributed by atoms with van der Waals surface area (Å²) in [4.78, 5) is 4.16. The molecule has 0 N–H and O–H groups in total. The van der Waals surface area contributed by atoms with Crippen molar-refractivity contribution < 1.29 is 0 Å². The lowest BCUT2D eigenvalue weighted by Crippen LogP contribution is -2.05. The highest BCUT2D eigenvalue weighted by Gasteiger charge is 2.01. The van der Waals surface area contributed by atoms with Crippen molar-refractivity contribution >= 4 is 28.1 Å². The first-order chi connectivity index (χ1) is 5.24. The first kappa shape index (κ1) is 9.09. The summed E-state index contributed by atoms with van der Waals surface area (Å²) in [5, 5.41) is 0.792. The summed E-state index contributed by atoms with van der Waals surface area (Å²) in [6.07, 6.45) is 3.74. The summed E-state index contributed by atoms with van der Waals surface area (Å²) < 4.78 is 4.04. The first-order valence-corrected chi connectivity index (χ1v) is 5.03. The molecule has 5 heteroatoms. The molecule has 0 saturated heterocycles. The van der Waals surface area contributed by atoms with Crippen molar-refractivity contribution in [1.29, 1.82) is 0 Å². The van der Waals surface area contributed by atoms with Gasteiger partial charge in [0.05, 0.1) is 5.33 Å². The molecular weight excluding hydrogens is 226 g/mol. The van der Waals surface area contributed by atoms with Crippen LogP contribution in [0, 0.1) is 0 Å². The summed E-state index contributed by atoms with van der Waals surface area (Å²) in [6.45, 7) is 0. The van der Waals surface area contributed by atoms with Gasteiger partial charge in [0.1, 0.15) is 5.82 Å². The molecular formula is C6H10BrN3S. The van der Waals surface area contributed by atoms with Crippen LogP contribution in [0.3, 0.4) is 0 Å². The molecule has 0 fully saturated rings. The zero-order valence-corrected chi connectivity index (χ0v) is 8.89. The van der Waals surface area contributed by atoms with Gasteiger partial charge < -0.3 is 0 Å². The van der Waals surface area contributed by atoms with Gasteiger partial charge in [0.2, 0.25) is 0 Å². The van der Waals surface area contributed by atoms with E-state index in [1.54, 1.807) is 18.3 Å². The second kappa shape index (κ2) is 4.13. The highest BCUT2D eigenvalue weighted by molar-refractivity contribution is 9.08. The van der Waals surface area contributed by atoms with E-state index in [2.05, 4.69) is 20.9 Å². The van der Waals surface area contributed by atoms with E-state index in [4.69, 9.17) is 0 Å². The quantitative estimate of drug-likeness (QED) is 0.589. The van der Waals surface area contributed by atoms with Gasteiger partial charge in [0, 0.05) is 24.5 Å². The maximum absolute atomic E-state index is 4.16. The molecule has 0 spiro atoms. The number of nitrogens with zero attached hydrogens (tertiary/aromatic N) is 3. The number of aromatic nitrogens is 2. The Bertz CT molecular complexity index is 223. The zero-order chi connectivity index (χ0) is 8.27. The smallest absolute Gasteiger partial charge is 0.130 e. The van der Waals surface area contributed by atoms with Crippen LogP contribution in [0.25, 0.3) is 0 Å². The van der Waals surface area contributed by atoms with Crippen molar-refractivity contribution in [2.24, 2.45) is 0 Å². The molecule has 1 rings (SSSR count). The third-order valence-corrected chi connectivity index (χ3v) is 2.39. The molecule has 0 aliphatic heterocycles. The number of imidazole rings is 1. The van der Waals surface area contributed by atoms with Crippen LogP contribution in [0.1, 0.15) is 5.82 Å². The van der Waals surface area contributed by atoms with Gasteiger partial charge in [0.25, 0.3) is 0 Å². The largest absolute Gasteiger partial charge is 0.263 e. The summed E-state index contributed by atoms with van der Waals surface area (Å²) in [7, 11) is 4.01. The van der Waals surface area contributed by atoms with Crippen LogP contribution in [0.2, 0.25) is 0 Å². The molecule has 0 amide bonds. The van der Waals surface area contributed by atoms with Gasteiger partial charge in [-0.3, -0.25) is 3.97 Å². The monoisotopic (exact) mass is 235 g/mol. The third-order valence-electron chi connectivity index (χ3n) is 1.05. The zero-order valence-electron chi connectivity index (χ0n) is 6.49. The lowest BCUT2D eigenvalue weighted by molar-refractivity contribution is 0.695. The maximum atomic E-state index is 4.16.